The first kappa shape index (κ1) is 12.6. The molecule has 0 radical (unpaired) electrons. The lowest BCUT2D eigenvalue weighted by atomic mass is 9.84. The first-order chi connectivity index (χ1) is 7.89. The maximum absolute atomic E-state index is 10.9. The Morgan fingerprint density at radius 1 is 1.59 bits per heavy atom. The van der Waals surface area contributed by atoms with Crippen molar-refractivity contribution in [1.29, 1.82) is 0 Å². The van der Waals surface area contributed by atoms with Crippen molar-refractivity contribution >= 4 is 34.0 Å². The van der Waals surface area contributed by atoms with Crippen LogP contribution >= 0.6 is 22.9 Å². The number of aromatic carboxylic acids is 1. The number of anilines is 1. The van der Waals surface area contributed by atoms with Crippen LogP contribution < -0.4 is 4.90 Å². The molecule has 6 heteroatoms. The van der Waals surface area contributed by atoms with E-state index in [-0.39, 0.29) is 15.4 Å². The van der Waals surface area contributed by atoms with Gasteiger partial charge in [-0.3, -0.25) is 0 Å². The molecule has 1 aromatic rings. The second-order valence-electron chi connectivity index (χ2n) is 5.11. The average molecular weight is 275 g/mol. The van der Waals surface area contributed by atoms with Crippen LogP contribution in [0.3, 0.4) is 0 Å². The molecule has 94 valence electrons. The van der Waals surface area contributed by atoms with E-state index >= 15 is 0 Å². The maximum atomic E-state index is 10.9. The minimum absolute atomic E-state index is 0.0980. The van der Waals surface area contributed by atoms with Gasteiger partial charge in [-0.25, -0.2) is 9.78 Å². The smallest absolute Gasteiger partial charge is 0.349 e. The number of halogens is 1. The Bertz CT molecular complexity index is 445. The molecule has 4 nitrogen and oxygen atoms in total. The fourth-order valence-electron chi connectivity index (χ4n) is 2.14. The van der Waals surface area contributed by atoms with E-state index in [0.717, 1.165) is 36.0 Å². The van der Waals surface area contributed by atoms with Crippen LogP contribution in [0.1, 0.15) is 36.4 Å². The van der Waals surface area contributed by atoms with Gasteiger partial charge in [0.2, 0.25) is 0 Å². The van der Waals surface area contributed by atoms with Gasteiger partial charge in [0.15, 0.2) is 15.2 Å². The summed E-state index contributed by atoms with van der Waals surface area (Å²) in [4.78, 5) is 17.3. The molecule has 1 aliphatic rings. The minimum atomic E-state index is -1.00. The van der Waals surface area contributed by atoms with Crippen LogP contribution in [0.15, 0.2) is 0 Å². The van der Waals surface area contributed by atoms with E-state index in [1.165, 1.54) is 6.42 Å². The summed E-state index contributed by atoms with van der Waals surface area (Å²) in [6.07, 6.45) is 2.29. The molecule has 2 heterocycles. The quantitative estimate of drug-likeness (QED) is 0.900. The van der Waals surface area contributed by atoms with Crippen molar-refractivity contribution in [3.8, 4) is 0 Å². The lowest BCUT2D eigenvalue weighted by Crippen LogP contribution is -2.40. The molecular formula is C11H15ClN2O2S. The fraction of sp³-hybridized carbons (Fsp3) is 0.636. The fourth-order valence-corrected chi connectivity index (χ4v) is 3.29. The van der Waals surface area contributed by atoms with Gasteiger partial charge in [-0.1, -0.05) is 36.8 Å². The van der Waals surface area contributed by atoms with Crippen LogP contribution in [-0.2, 0) is 0 Å². The van der Waals surface area contributed by atoms with Gasteiger partial charge in [0.1, 0.15) is 0 Å². The summed E-state index contributed by atoms with van der Waals surface area (Å²) in [5.74, 6) is -1.00. The number of carbonyl (C=O) groups is 1. The number of nitrogens with zero attached hydrogens (tertiary/aromatic N) is 2. The molecule has 1 saturated heterocycles. The number of hydrogen-bond acceptors (Lipinski definition) is 4. The van der Waals surface area contributed by atoms with Crippen molar-refractivity contribution in [2.75, 3.05) is 18.0 Å². The van der Waals surface area contributed by atoms with Gasteiger partial charge in [-0.15, -0.1) is 0 Å². The Balaban J connectivity index is 2.22. The molecule has 0 aliphatic carbocycles. The van der Waals surface area contributed by atoms with Crippen LogP contribution in [0.5, 0.6) is 0 Å². The Morgan fingerprint density at radius 2 is 2.29 bits per heavy atom. The molecule has 2 rings (SSSR count). The molecule has 1 aliphatic heterocycles. The highest BCUT2D eigenvalue weighted by Gasteiger charge is 2.29. The van der Waals surface area contributed by atoms with Gasteiger partial charge in [0.05, 0.1) is 0 Å². The van der Waals surface area contributed by atoms with Gasteiger partial charge in [0.25, 0.3) is 0 Å². The third kappa shape index (κ3) is 2.72. The molecule has 0 amide bonds. The average Bonchev–Trinajstić information content (AvgIpc) is 2.59. The first-order valence-corrected chi connectivity index (χ1v) is 6.73. The molecule has 1 aromatic heterocycles. The lowest BCUT2D eigenvalue weighted by Gasteiger charge is -2.37. The summed E-state index contributed by atoms with van der Waals surface area (Å²) >= 11 is 6.98. The van der Waals surface area contributed by atoms with Crippen LogP contribution in [0, 0.1) is 5.41 Å². The maximum Gasteiger partial charge on any atom is 0.349 e. The normalized spacial score (nSPS) is 19.4. The van der Waals surface area contributed by atoms with Crippen molar-refractivity contribution < 1.29 is 9.90 Å². The molecule has 17 heavy (non-hydrogen) atoms. The van der Waals surface area contributed by atoms with Gasteiger partial charge >= 0.3 is 5.97 Å². The predicted molar refractivity (Wildman–Crippen MR) is 69.3 cm³/mol. The van der Waals surface area contributed by atoms with Crippen LogP contribution in [0.4, 0.5) is 5.13 Å². The Morgan fingerprint density at radius 3 is 2.82 bits per heavy atom. The molecule has 1 N–H and O–H groups in total. The van der Waals surface area contributed by atoms with Crippen molar-refractivity contribution in [3.63, 3.8) is 0 Å². The minimum Gasteiger partial charge on any atom is -0.477 e. The third-order valence-corrected chi connectivity index (χ3v) is 4.43. The van der Waals surface area contributed by atoms with Crippen molar-refractivity contribution in [2.45, 2.75) is 26.7 Å². The van der Waals surface area contributed by atoms with Gasteiger partial charge in [-0.05, 0) is 18.3 Å². The van der Waals surface area contributed by atoms with Crippen LogP contribution in [0.25, 0.3) is 0 Å². The summed E-state index contributed by atoms with van der Waals surface area (Å²) < 4.78 is 0. The van der Waals surface area contributed by atoms with Crippen LogP contribution in [0.2, 0.25) is 5.15 Å². The van der Waals surface area contributed by atoms with Gasteiger partial charge in [0, 0.05) is 13.1 Å². The summed E-state index contributed by atoms with van der Waals surface area (Å²) in [7, 11) is 0. The third-order valence-electron chi connectivity index (χ3n) is 2.94. The second kappa shape index (κ2) is 4.46. The summed E-state index contributed by atoms with van der Waals surface area (Å²) in [6, 6.07) is 0. The lowest BCUT2D eigenvalue weighted by molar-refractivity contribution is 0.0702. The second-order valence-corrected chi connectivity index (χ2v) is 6.45. The van der Waals surface area contributed by atoms with Crippen molar-refractivity contribution in [3.05, 3.63) is 10.0 Å². The van der Waals surface area contributed by atoms with Gasteiger partial charge in [-0.2, -0.15) is 0 Å². The summed E-state index contributed by atoms with van der Waals surface area (Å²) in [6.45, 7) is 6.25. The number of hydrogen-bond donors (Lipinski definition) is 1. The van der Waals surface area contributed by atoms with E-state index in [1.54, 1.807) is 0 Å². The molecule has 0 bridgehead atoms. The highest BCUT2D eigenvalue weighted by atomic mass is 35.5. The Hall–Kier alpha value is -0.810. The zero-order valence-corrected chi connectivity index (χ0v) is 11.4. The number of thiazole rings is 1. The Labute approximate surface area is 109 Å². The van der Waals surface area contributed by atoms with E-state index in [0.29, 0.717) is 0 Å². The standard InChI is InChI=1S/C11H15ClN2O2S/c1-11(2)4-3-5-14(6-11)10-13-8(12)7(17-10)9(15)16/h3-6H2,1-2H3,(H,15,16). The topological polar surface area (TPSA) is 53.4 Å². The molecule has 0 unspecified atom stereocenters. The molecule has 1 fully saturated rings. The molecule has 0 spiro atoms. The van der Waals surface area contributed by atoms with Crippen LogP contribution in [-0.4, -0.2) is 29.1 Å². The number of carboxylic acids is 1. The zero-order valence-electron chi connectivity index (χ0n) is 9.86. The summed E-state index contributed by atoms with van der Waals surface area (Å²) in [5, 5.41) is 9.77. The largest absolute Gasteiger partial charge is 0.477 e. The van der Waals surface area contributed by atoms with E-state index in [1.807, 2.05) is 0 Å². The molecule has 0 atom stereocenters. The number of piperidine rings is 1. The number of carboxylic acid groups (broad SMARTS) is 1. The first-order valence-electron chi connectivity index (χ1n) is 5.54. The predicted octanol–water partition coefficient (Wildman–Crippen LogP) is 3.12. The highest BCUT2D eigenvalue weighted by Crippen LogP contribution is 2.35. The van der Waals surface area contributed by atoms with E-state index in [9.17, 15) is 4.79 Å². The Kier molecular flexibility index (Phi) is 3.32. The number of rotatable bonds is 2. The van der Waals surface area contributed by atoms with Crippen molar-refractivity contribution in [1.82, 2.24) is 4.98 Å². The molecule has 0 saturated carbocycles. The SMILES string of the molecule is CC1(C)CCCN(c2nc(Cl)c(C(=O)O)s2)C1. The summed E-state index contributed by atoms with van der Waals surface area (Å²) in [5.41, 5.74) is 0.250. The number of aromatic nitrogens is 1. The zero-order chi connectivity index (χ0) is 12.6. The van der Waals surface area contributed by atoms with E-state index < -0.39 is 5.97 Å². The van der Waals surface area contributed by atoms with E-state index in [2.05, 4.69) is 23.7 Å². The van der Waals surface area contributed by atoms with Gasteiger partial charge < -0.3 is 10.0 Å². The van der Waals surface area contributed by atoms with Crippen molar-refractivity contribution in [2.24, 2.45) is 5.41 Å². The monoisotopic (exact) mass is 274 g/mol. The molecule has 0 aromatic carbocycles. The molecular weight excluding hydrogens is 260 g/mol. The highest BCUT2D eigenvalue weighted by molar-refractivity contribution is 7.18. The van der Waals surface area contributed by atoms with E-state index in [4.69, 9.17) is 16.7 Å².